The van der Waals surface area contributed by atoms with Crippen LogP contribution < -0.4 is 8.92 Å². The van der Waals surface area contributed by atoms with E-state index in [-0.39, 0.29) is 6.29 Å². The van der Waals surface area contributed by atoms with Gasteiger partial charge in [-0.15, -0.1) is 0 Å². The first-order chi connectivity index (χ1) is 9.53. The largest absolute Gasteiger partial charge is 0.534 e. The molecule has 0 heterocycles. The van der Waals surface area contributed by atoms with Gasteiger partial charge < -0.3 is 8.92 Å². The number of rotatable bonds is 5. The Hall–Kier alpha value is -2.37. The van der Waals surface area contributed by atoms with Crippen molar-refractivity contribution >= 4 is 22.1 Å². The van der Waals surface area contributed by atoms with Crippen molar-refractivity contribution in [3.8, 4) is 11.5 Å². The molecule has 0 fully saturated rings. The number of halogens is 3. The zero-order valence-electron chi connectivity index (χ0n) is 10.1. The van der Waals surface area contributed by atoms with Gasteiger partial charge in [-0.3, -0.25) is 14.9 Å². The Bertz CT molecular complexity index is 683. The van der Waals surface area contributed by atoms with E-state index in [1.54, 1.807) is 0 Å². The van der Waals surface area contributed by atoms with Gasteiger partial charge in [0.15, 0.2) is 17.8 Å². The van der Waals surface area contributed by atoms with Crippen molar-refractivity contribution in [1.82, 2.24) is 0 Å². The van der Waals surface area contributed by atoms with E-state index in [0.717, 1.165) is 7.11 Å². The van der Waals surface area contributed by atoms with E-state index in [9.17, 15) is 36.5 Å². The van der Waals surface area contributed by atoms with E-state index >= 15 is 0 Å². The average molecular weight is 329 g/mol. The first-order valence-corrected chi connectivity index (χ1v) is 6.26. The normalized spacial score (nSPS) is 11.8. The van der Waals surface area contributed by atoms with Crippen LogP contribution >= 0.6 is 0 Å². The summed E-state index contributed by atoms with van der Waals surface area (Å²) in [5, 5.41) is 10.6. The van der Waals surface area contributed by atoms with Gasteiger partial charge in [0.05, 0.1) is 23.7 Å². The number of aldehydes is 1. The number of carbonyl (C=O) groups excluding carboxylic acids is 1. The van der Waals surface area contributed by atoms with Gasteiger partial charge in [-0.2, -0.15) is 21.6 Å². The van der Waals surface area contributed by atoms with Crippen LogP contribution in [-0.2, 0) is 10.1 Å². The highest BCUT2D eigenvalue weighted by Gasteiger charge is 2.49. The lowest BCUT2D eigenvalue weighted by atomic mass is 10.2. The highest BCUT2D eigenvalue weighted by molar-refractivity contribution is 7.88. The van der Waals surface area contributed by atoms with Crippen molar-refractivity contribution in [2.75, 3.05) is 7.11 Å². The molecule has 0 aliphatic carbocycles. The summed E-state index contributed by atoms with van der Waals surface area (Å²) in [6.45, 7) is 0. The number of nitro groups is 1. The fourth-order valence-electron chi connectivity index (χ4n) is 1.25. The van der Waals surface area contributed by atoms with Crippen LogP contribution in [0.15, 0.2) is 12.1 Å². The van der Waals surface area contributed by atoms with Crippen molar-refractivity contribution in [3.05, 3.63) is 27.8 Å². The number of methoxy groups -OCH3 is 1. The quantitative estimate of drug-likeness (QED) is 0.265. The summed E-state index contributed by atoms with van der Waals surface area (Å²) >= 11 is 0. The van der Waals surface area contributed by atoms with Crippen LogP contribution in [-0.4, -0.2) is 32.2 Å². The molecule has 0 aliphatic heterocycles. The van der Waals surface area contributed by atoms with Crippen LogP contribution in [0, 0.1) is 10.1 Å². The fraction of sp³-hybridized carbons (Fsp3) is 0.222. The summed E-state index contributed by atoms with van der Waals surface area (Å²) in [4.78, 5) is 20.3. The molecule has 0 unspecified atom stereocenters. The standard InChI is InChI=1S/C9H6F3NO7S/c1-19-8-5(4-14)2-6(13(15)16)3-7(8)20-21(17,18)9(10,11)12/h2-4H,1H3. The van der Waals surface area contributed by atoms with Gasteiger partial charge >= 0.3 is 15.6 Å². The molecule has 1 rings (SSSR count). The molecule has 0 saturated heterocycles. The molecule has 1 aromatic rings. The third-order valence-electron chi connectivity index (χ3n) is 2.09. The van der Waals surface area contributed by atoms with Crippen LogP contribution in [0.1, 0.15) is 10.4 Å². The zero-order chi connectivity index (χ0) is 16.4. The molecule has 0 bridgehead atoms. The Morgan fingerprint density at radius 2 is 1.90 bits per heavy atom. The van der Waals surface area contributed by atoms with E-state index in [0.29, 0.717) is 12.1 Å². The summed E-state index contributed by atoms with van der Waals surface area (Å²) in [5.41, 5.74) is -7.13. The number of carbonyl (C=O) groups is 1. The number of non-ortho nitro benzene ring substituents is 1. The molecule has 12 heteroatoms. The van der Waals surface area contributed by atoms with E-state index < -0.39 is 43.3 Å². The minimum Gasteiger partial charge on any atom is -0.492 e. The number of nitro benzene ring substituents is 1. The van der Waals surface area contributed by atoms with Crippen LogP contribution in [0.25, 0.3) is 0 Å². The first kappa shape index (κ1) is 16.7. The third kappa shape index (κ3) is 3.39. The minimum atomic E-state index is -6.07. The predicted molar refractivity (Wildman–Crippen MR) is 60.6 cm³/mol. The van der Waals surface area contributed by atoms with Crippen molar-refractivity contribution in [1.29, 1.82) is 0 Å². The van der Waals surface area contributed by atoms with Gasteiger partial charge in [-0.1, -0.05) is 0 Å². The molecule has 21 heavy (non-hydrogen) atoms. The second-order valence-electron chi connectivity index (χ2n) is 3.42. The van der Waals surface area contributed by atoms with E-state index in [1.165, 1.54) is 0 Å². The van der Waals surface area contributed by atoms with Gasteiger partial charge in [-0.25, -0.2) is 0 Å². The van der Waals surface area contributed by atoms with E-state index in [2.05, 4.69) is 8.92 Å². The van der Waals surface area contributed by atoms with E-state index in [4.69, 9.17) is 0 Å². The minimum absolute atomic E-state index is 0.0406. The van der Waals surface area contributed by atoms with Gasteiger partial charge in [0, 0.05) is 6.07 Å². The Morgan fingerprint density at radius 1 is 1.33 bits per heavy atom. The lowest BCUT2D eigenvalue weighted by molar-refractivity contribution is -0.384. The third-order valence-corrected chi connectivity index (χ3v) is 3.06. The Labute approximate surface area is 115 Å². The summed E-state index contributed by atoms with van der Waals surface area (Å²) < 4.78 is 66.9. The molecule has 0 radical (unpaired) electrons. The van der Waals surface area contributed by atoms with Gasteiger partial charge in [0.1, 0.15) is 0 Å². The number of alkyl halides is 3. The molecule has 0 spiro atoms. The highest BCUT2D eigenvalue weighted by Crippen LogP contribution is 2.37. The maximum atomic E-state index is 12.2. The lowest BCUT2D eigenvalue weighted by Gasteiger charge is -2.13. The van der Waals surface area contributed by atoms with Gasteiger partial charge in [0.2, 0.25) is 0 Å². The number of ether oxygens (including phenoxy) is 1. The number of hydrogen-bond acceptors (Lipinski definition) is 7. The highest BCUT2D eigenvalue weighted by atomic mass is 32.2. The Balaban J connectivity index is 3.51. The van der Waals surface area contributed by atoms with Gasteiger partial charge in [0.25, 0.3) is 5.69 Å². The maximum Gasteiger partial charge on any atom is 0.534 e. The smallest absolute Gasteiger partial charge is 0.492 e. The molecule has 0 aromatic heterocycles. The Morgan fingerprint density at radius 3 is 2.29 bits per heavy atom. The van der Waals surface area contributed by atoms with Crippen LogP contribution in [0.5, 0.6) is 11.5 Å². The molecular weight excluding hydrogens is 323 g/mol. The summed E-state index contributed by atoms with van der Waals surface area (Å²) in [7, 11) is -5.15. The second-order valence-corrected chi connectivity index (χ2v) is 4.96. The molecule has 0 aliphatic rings. The molecular formula is C9H6F3NO7S. The van der Waals surface area contributed by atoms with Crippen molar-refractivity contribution < 1.29 is 40.2 Å². The predicted octanol–water partition coefficient (Wildman–Crippen LogP) is 1.64. The van der Waals surface area contributed by atoms with E-state index in [1.807, 2.05) is 0 Å². The lowest BCUT2D eigenvalue weighted by Crippen LogP contribution is -2.28. The fourth-order valence-corrected chi connectivity index (χ4v) is 1.70. The molecule has 116 valence electrons. The monoisotopic (exact) mass is 329 g/mol. The second kappa shape index (κ2) is 5.55. The number of nitrogens with zero attached hydrogens (tertiary/aromatic N) is 1. The molecule has 1 aromatic carbocycles. The van der Waals surface area contributed by atoms with Crippen molar-refractivity contribution in [2.45, 2.75) is 5.51 Å². The van der Waals surface area contributed by atoms with Crippen LogP contribution in [0.4, 0.5) is 18.9 Å². The van der Waals surface area contributed by atoms with Crippen molar-refractivity contribution in [2.24, 2.45) is 0 Å². The number of benzene rings is 1. The van der Waals surface area contributed by atoms with Crippen LogP contribution in [0.3, 0.4) is 0 Å². The molecule has 0 N–H and O–H groups in total. The number of hydrogen-bond donors (Lipinski definition) is 0. The first-order valence-electron chi connectivity index (χ1n) is 4.86. The average Bonchev–Trinajstić information content (AvgIpc) is 2.35. The summed E-state index contributed by atoms with van der Waals surface area (Å²) in [6.07, 6.45) is 0.0406. The maximum absolute atomic E-state index is 12.2. The SMILES string of the molecule is COc1c(C=O)cc([N+](=O)[O-])cc1OS(=O)(=O)C(F)(F)F. The molecule has 0 saturated carbocycles. The molecule has 0 amide bonds. The molecule has 8 nitrogen and oxygen atoms in total. The Kier molecular flexibility index (Phi) is 4.41. The van der Waals surface area contributed by atoms with Gasteiger partial charge in [-0.05, 0) is 0 Å². The van der Waals surface area contributed by atoms with Crippen LogP contribution in [0.2, 0.25) is 0 Å². The topological polar surface area (TPSA) is 113 Å². The summed E-state index contributed by atoms with van der Waals surface area (Å²) in [6, 6.07) is 1.09. The zero-order valence-corrected chi connectivity index (χ0v) is 10.9. The molecule has 0 atom stereocenters. The van der Waals surface area contributed by atoms with Crippen molar-refractivity contribution in [3.63, 3.8) is 0 Å². The summed E-state index contributed by atoms with van der Waals surface area (Å²) in [5.74, 6) is -1.80.